The molecule has 0 heterocycles. The maximum Gasteiger partial charge on any atom is 0.411 e. The molecule has 15 heteroatoms. The quantitative estimate of drug-likeness (QED) is 0.0283. The number of hydrogen-bond donors (Lipinski definition) is 6. The molecule has 13 nitrogen and oxygen atoms in total. The number of nitrogens with one attached hydrogen (secondary N) is 6. The monoisotopic (exact) mass is 822 g/mol. The van der Waals surface area contributed by atoms with Crippen LogP contribution in [0.4, 0.5) is 38.0 Å². The molecule has 0 fully saturated rings. The van der Waals surface area contributed by atoms with Crippen molar-refractivity contribution in [3.05, 3.63) is 125 Å². The van der Waals surface area contributed by atoms with E-state index in [0.29, 0.717) is 71.6 Å². The highest BCUT2D eigenvalue weighted by molar-refractivity contribution is 7.80. The Bertz CT molecular complexity index is 2550. The summed E-state index contributed by atoms with van der Waals surface area (Å²) in [5, 5.41) is 28.1. The molecular weight excluding hydrogens is 785 g/mol. The smallest absolute Gasteiger partial charge is 0.411 e. The largest absolute Gasteiger partial charge is 0.449 e. The fourth-order valence-corrected chi connectivity index (χ4v) is 7.41. The number of fused-ring (bicyclic) bond motifs is 6. The van der Waals surface area contributed by atoms with E-state index >= 15 is 0 Å². The van der Waals surface area contributed by atoms with Crippen molar-refractivity contribution in [2.75, 3.05) is 47.6 Å². The first-order valence-electron chi connectivity index (χ1n) is 18.8. The van der Waals surface area contributed by atoms with Crippen LogP contribution in [0.5, 0.6) is 0 Å². The molecule has 2 aliphatic rings. The van der Waals surface area contributed by atoms with Gasteiger partial charge in [-0.1, -0.05) is 30.3 Å². The van der Waals surface area contributed by atoms with Gasteiger partial charge in [0.05, 0.1) is 30.5 Å². The number of hydrogen-bond acceptors (Lipinski definition) is 9. The van der Waals surface area contributed by atoms with Gasteiger partial charge >= 0.3 is 12.2 Å². The van der Waals surface area contributed by atoms with Gasteiger partial charge in [0, 0.05) is 35.8 Å². The predicted octanol–water partition coefficient (Wildman–Crippen LogP) is 8.52. The minimum atomic E-state index is -0.548. The maximum atomic E-state index is 12.4. The standard InChI is InChI=1S/C44H38N8O5S2/c45-25-27-6-10-37-28(18-27)19-30-22-35(8-12-39(30)37)51-43(54)56-16-2-14-46-41(58)49-33-4-1-5-34(24-33)50-42(59)47-15-3-17-57-44(55)52-36-9-13-40-31(23-36)20-29-21-32(48-26-53)7-11-38(29)40/h1,4-13,18,21-24H,2-3,14-17,19-20H2,(H,51,54)(H,52,55)(H2,46,49,58)(H2,47,50,59). The molecule has 2 amide bonds. The Hall–Kier alpha value is -7.11. The van der Waals surface area contributed by atoms with E-state index in [1.807, 2.05) is 91.0 Å². The average Bonchev–Trinajstić information content (AvgIpc) is 3.77. The summed E-state index contributed by atoms with van der Waals surface area (Å²) in [4.78, 5) is 39.2. The lowest BCUT2D eigenvalue weighted by Crippen LogP contribution is -2.31. The second-order valence-corrected chi connectivity index (χ2v) is 14.5. The van der Waals surface area contributed by atoms with E-state index in [1.54, 1.807) is 12.1 Å². The number of nitriles is 1. The summed E-state index contributed by atoms with van der Waals surface area (Å²) in [7, 11) is 0. The van der Waals surface area contributed by atoms with E-state index in [-0.39, 0.29) is 13.2 Å². The number of anilines is 4. The summed E-state index contributed by atoms with van der Waals surface area (Å²) < 4.78 is 10.7. The minimum absolute atomic E-state index is 0.193. The van der Waals surface area contributed by atoms with Gasteiger partial charge in [-0.15, -0.1) is 0 Å². The highest BCUT2D eigenvalue weighted by atomic mass is 32.1. The Morgan fingerprint density at radius 2 is 1.08 bits per heavy atom. The third-order valence-corrected chi connectivity index (χ3v) is 10.1. The van der Waals surface area contributed by atoms with Gasteiger partial charge in [-0.05, 0) is 161 Å². The van der Waals surface area contributed by atoms with Crippen molar-refractivity contribution in [1.82, 2.24) is 10.6 Å². The van der Waals surface area contributed by atoms with Crippen LogP contribution in [0.1, 0.15) is 40.7 Å². The number of ether oxygens (including phenoxy) is 2. The number of carbonyl (C=O) groups is 2. The molecule has 59 heavy (non-hydrogen) atoms. The number of carbonyl (C=O) groups excluding carboxylic acids is 3. The molecule has 296 valence electrons. The topological polar surface area (TPSA) is 178 Å². The van der Waals surface area contributed by atoms with Gasteiger partial charge in [-0.2, -0.15) is 10.3 Å². The maximum absolute atomic E-state index is 12.4. The van der Waals surface area contributed by atoms with Crippen LogP contribution in [-0.2, 0) is 27.1 Å². The molecule has 2 aliphatic carbocycles. The van der Waals surface area contributed by atoms with Gasteiger partial charge in [0.2, 0.25) is 6.08 Å². The summed E-state index contributed by atoms with van der Waals surface area (Å²) in [5.74, 6) is 0. The summed E-state index contributed by atoms with van der Waals surface area (Å²) in [6.07, 6.45) is 2.94. The third kappa shape index (κ3) is 10.4. The van der Waals surface area contributed by atoms with Crippen molar-refractivity contribution in [2.24, 2.45) is 4.99 Å². The van der Waals surface area contributed by atoms with Gasteiger partial charge in [-0.3, -0.25) is 10.6 Å². The highest BCUT2D eigenvalue weighted by Gasteiger charge is 2.21. The Balaban J connectivity index is 0.741. The number of thiocarbonyl (C=S) groups is 2. The van der Waals surface area contributed by atoms with Gasteiger partial charge in [0.15, 0.2) is 10.2 Å². The average molecular weight is 823 g/mol. The van der Waals surface area contributed by atoms with Crippen LogP contribution < -0.4 is 31.9 Å². The van der Waals surface area contributed by atoms with Crippen LogP contribution in [0, 0.1) is 11.3 Å². The van der Waals surface area contributed by atoms with Crippen molar-refractivity contribution < 1.29 is 23.9 Å². The predicted molar refractivity (Wildman–Crippen MR) is 236 cm³/mol. The number of isocyanates is 1. The van der Waals surface area contributed by atoms with Crippen LogP contribution in [0.15, 0.2) is 102 Å². The van der Waals surface area contributed by atoms with Crippen molar-refractivity contribution in [3.8, 4) is 28.3 Å². The molecule has 0 bridgehead atoms. The van der Waals surface area contributed by atoms with Crippen LogP contribution in [0.3, 0.4) is 0 Å². The molecule has 5 aromatic carbocycles. The fourth-order valence-electron chi connectivity index (χ4n) is 6.97. The Morgan fingerprint density at radius 3 is 1.61 bits per heavy atom. The molecule has 0 aliphatic heterocycles. The fraction of sp³-hybridized carbons (Fsp3) is 0.182. The van der Waals surface area contributed by atoms with Crippen molar-refractivity contribution in [2.45, 2.75) is 25.7 Å². The van der Waals surface area contributed by atoms with Gasteiger partial charge < -0.3 is 30.7 Å². The first-order chi connectivity index (χ1) is 28.7. The lowest BCUT2D eigenvalue weighted by atomic mass is 10.0. The van der Waals surface area contributed by atoms with Crippen LogP contribution in [0.2, 0.25) is 0 Å². The van der Waals surface area contributed by atoms with Crippen molar-refractivity contribution in [3.63, 3.8) is 0 Å². The molecular formula is C44H38N8O5S2. The molecule has 7 rings (SSSR count). The van der Waals surface area contributed by atoms with E-state index in [4.69, 9.17) is 33.9 Å². The van der Waals surface area contributed by atoms with Gasteiger partial charge in [0.1, 0.15) is 0 Å². The van der Waals surface area contributed by atoms with Gasteiger partial charge in [0.25, 0.3) is 0 Å². The van der Waals surface area contributed by atoms with Crippen LogP contribution in [-0.4, -0.2) is 54.8 Å². The lowest BCUT2D eigenvalue weighted by molar-refractivity contribution is 0.159. The summed E-state index contributed by atoms with van der Waals surface area (Å²) in [6, 6.07) is 32.4. The Morgan fingerprint density at radius 1 is 0.610 bits per heavy atom. The normalized spacial score (nSPS) is 11.2. The second-order valence-electron chi connectivity index (χ2n) is 13.7. The first kappa shape index (κ1) is 40.1. The van der Waals surface area contributed by atoms with Gasteiger partial charge in [-0.25, -0.2) is 14.4 Å². The number of aliphatic imine (C=N–C) groups is 1. The van der Waals surface area contributed by atoms with E-state index < -0.39 is 12.2 Å². The van der Waals surface area contributed by atoms with Crippen LogP contribution >= 0.6 is 24.4 Å². The SMILES string of the molecule is N#Cc1ccc2c(c1)Cc1cc(NC(=O)OCCCNC(=S)Nc3cccc(NC(=S)NCCCOC(=O)Nc4ccc5c(c4)Cc4cc(N=C=O)ccc4-5)c3)ccc1-2. The molecule has 0 spiro atoms. The molecule has 0 saturated carbocycles. The molecule has 0 saturated heterocycles. The van der Waals surface area contributed by atoms with Crippen molar-refractivity contribution >= 4 is 81.4 Å². The second kappa shape index (κ2) is 18.9. The molecule has 0 unspecified atom stereocenters. The van der Waals surface area contributed by atoms with E-state index in [0.717, 1.165) is 55.9 Å². The molecule has 0 aromatic heterocycles. The molecule has 0 radical (unpaired) electrons. The zero-order valence-electron chi connectivity index (χ0n) is 31.6. The molecule has 0 atom stereocenters. The zero-order chi connectivity index (χ0) is 41.1. The van der Waals surface area contributed by atoms with E-state index in [9.17, 15) is 19.6 Å². The number of amides is 2. The minimum Gasteiger partial charge on any atom is -0.449 e. The van der Waals surface area contributed by atoms with E-state index in [2.05, 4.69) is 43.0 Å². The first-order valence-corrected chi connectivity index (χ1v) is 19.6. The highest BCUT2D eigenvalue weighted by Crippen LogP contribution is 2.40. The third-order valence-electron chi connectivity index (χ3n) is 9.60. The molecule has 6 N–H and O–H groups in total. The van der Waals surface area contributed by atoms with Crippen LogP contribution in [0.25, 0.3) is 22.3 Å². The van der Waals surface area contributed by atoms with Crippen molar-refractivity contribution in [1.29, 1.82) is 5.26 Å². The number of nitrogens with zero attached hydrogens (tertiary/aromatic N) is 2. The number of benzene rings is 5. The number of rotatable bonds is 13. The summed E-state index contributed by atoms with van der Waals surface area (Å²) in [5.41, 5.74) is 12.7. The zero-order valence-corrected chi connectivity index (χ0v) is 33.3. The van der Waals surface area contributed by atoms with E-state index in [1.165, 1.54) is 0 Å². The summed E-state index contributed by atoms with van der Waals surface area (Å²) >= 11 is 10.9. The Kier molecular flexibility index (Phi) is 12.8. The molecule has 5 aromatic rings. The lowest BCUT2D eigenvalue weighted by Gasteiger charge is -2.14. The summed E-state index contributed by atoms with van der Waals surface area (Å²) in [6.45, 7) is 1.37. The Labute approximate surface area is 351 Å².